The molecule has 26 heavy (non-hydrogen) atoms. The first-order valence-electron chi connectivity index (χ1n) is 9.52. The van der Waals surface area contributed by atoms with E-state index >= 15 is 0 Å². The van der Waals surface area contributed by atoms with E-state index in [1.807, 2.05) is 11.0 Å². The molecular weight excluding hydrogens is 330 g/mol. The van der Waals surface area contributed by atoms with Gasteiger partial charge in [-0.2, -0.15) is 0 Å². The lowest BCUT2D eigenvalue weighted by molar-refractivity contribution is -0.128. The number of nitrogens with zero attached hydrogens (tertiary/aromatic N) is 3. The summed E-state index contributed by atoms with van der Waals surface area (Å²) in [4.78, 5) is 19.0. The van der Waals surface area contributed by atoms with E-state index in [9.17, 15) is 4.79 Å². The summed E-state index contributed by atoms with van der Waals surface area (Å²) in [7, 11) is 3.39. The van der Waals surface area contributed by atoms with Crippen LogP contribution in [0.4, 0.5) is 0 Å². The highest BCUT2D eigenvalue weighted by molar-refractivity contribution is 5.78. The molecule has 6 heteroatoms. The van der Waals surface area contributed by atoms with E-state index in [-0.39, 0.29) is 5.91 Å². The molecule has 0 unspecified atom stereocenters. The standard InChI is InChI=1S/C20H31N3O3/c1-25-11-10-23-16-18(13-20(23)24)15-22-8-6-21(7-9-22)14-17-4-3-5-19(12-17)26-2/h3-5,12,18H,6-11,13-16H2,1-2H3/t18-/m0/s1. The lowest BCUT2D eigenvalue weighted by atomic mass is 10.1. The Hall–Kier alpha value is -1.63. The first-order chi connectivity index (χ1) is 12.7. The van der Waals surface area contributed by atoms with Gasteiger partial charge in [-0.15, -0.1) is 0 Å². The summed E-state index contributed by atoms with van der Waals surface area (Å²) in [6.45, 7) is 8.53. The van der Waals surface area contributed by atoms with Gasteiger partial charge in [0.15, 0.2) is 0 Å². The molecule has 3 rings (SSSR count). The second-order valence-electron chi connectivity index (χ2n) is 7.33. The largest absolute Gasteiger partial charge is 0.497 e. The number of piperazine rings is 1. The summed E-state index contributed by atoms with van der Waals surface area (Å²) >= 11 is 0. The van der Waals surface area contributed by atoms with E-state index in [1.165, 1.54) is 5.56 Å². The molecule has 0 radical (unpaired) electrons. The smallest absolute Gasteiger partial charge is 0.223 e. The highest BCUT2D eigenvalue weighted by Gasteiger charge is 2.31. The van der Waals surface area contributed by atoms with Crippen LogP contribution in [0.25, 0.3) is 0 Å². The predicted molar refractivity (Wildman–Crippen MR) is 101 cm³/mol. The first kappa shape index (κ1) is 19.1. The number of hydrogen-bond donors (Lipinski definition) is 0. The van der Waals surface area contributed by atoms with Crippen molar-refractivity contribution in [1.82, 2.24) is 14.7 Å². The first-order valence-corrected chi connectivity index (χ1v) is 9.52. The van der Waals surface area contributed by atoms with Gasteiger partial charge in [-0.25, -0.2) is 0 Å². The fourth-order valence-electron chi connectivity index (χ4n) is 3.92. The summed E-state index contributed by atoms with van der Waals surface area (Å²) in [5.74, 6) is 1.66. The fourth-order valence-corrected chi connectivity index (χ4v) is 3.92. The van der Waals surface area contributed by atoms with Crippen LogP contribution >= 0.6 is 0 Å². The third-order valence-electron chi connectivity index (χ3n) is 5.38. The van der Waals surface area contributed by atoms with Crippen molar-refractivity contribution in [2.45, 2.75) is 13.0 Å². The van der Waals surface area contributed by atoms with Crippen LogP contribution in [0, 0.1) is 5.92 Å². The van der Waals surface area contributed by atoms with Crippen molar-refractivity contribution in [3.8, 4) is 5.75 Å². The van der Waals surface area contributed by atoms with Crippen LogP contribution < -0.4 is 4.74 Å². The summed E-state index contributed by atoms with van der Waals surface area (Å²) < 4.78 is 10.4. The van der Waals surface area contributed by atoms with Gasteiger partial charge in [0.1, 0.15) is 5.75 Å². The molecule has 1 aromatic rings. The molecule has 0 N–H and O–H groups in total. The third-order valence-corrected chi connectivity index (χ3v) is 5.38. The zero-order chi connectivity index (χ0) is 18.4. The molecule has 1 atom stereocenters. The lowest BCUT2D eigenvalue weighted by Gasteiger charge is -2.35. The predicted octanol–water partition coefficient (Wildman–Crippen LogP) is 1.31. The van der Waals surface area contributed by atoms with E-state index in [2.05, 4.69) is 28.0 Å². The third kappa shape index (κ3) is 5.19. The maximum absolute atomic E-state index is 12.1. The zero-order valence-corrected chi connectivity index (χ0v) is 16.0. The van der Waals surface area contributed by atoms with E-state index in [0.29, 0.717) is 18.9 Å². The van der Waals surface area contributed by atoms with Crippen LogP contribution in [0.5, 0.6) is 5.75 Å². The maximum atomic E-state index is 12.1. The molecule has 1 aromatic carbocycles. The van der Waals surface area contributed by atoms with Crippen molar-refractivity contribution >= 4 is 5.91 Å². The Morgan fingerprint density at radius 1 is 1.12 bits per heavy atom. The molecule has 2 aliphatic rings. The van der Waals surface area contributed by atoms with Gasteiger partial charge in [0.05, 0.1) is 13.7 Å². The minimum absolute atomic E-state index is 0.281. The van der Waals surface area contributed by atoms with Gasteiger partial charge in [-0.05, 0) is 23.6 Å². The molecule has 2 heterocycles. The van der Waals surface area contributed by atoms with Crippen molar-refractivity contribution in [3.05, 3.63) is 29.8 Å². The van der Waals surface area contributed by atoms with Gasteiger partial charge in [-0.3, -0.25) is 9.69 Å². The molecule has 0 spiro atoms. The summed E-state index contributed by atoms with van der Waals surface area (Å²) in [6, 6.07) is 8.32. The van der Waals surface area contributed by atoms with Crippen LogP contribution in [0.1, 0.15) is 12.0 Å². The Morgan fingerprint density at radius 2 is 1.88 bits per heavy atom. The van der Waals surface area contributed by atoms with Gasteiger partial charge >= 0.3 is 0 Å². The highest BCUT2D eigenvalue weighted by atomic mass is 16.5. The molecule has 0 bridgehead atoms. The van der Waals surface area contributed by atoms with Crippen molar-refractivity contribution in [2.75, 3.05) is 66.6 Å². The molecule has 2 aliphatic heterocycles. The lowest BCUT2D eigenvalue weighted by Crippen LogP contribution is -2.47. The zero-order valence-electron chi connectivity index (χ0n) is 16.0. The molecule has 0 aromatic heterocycles. The molecular formula is C20H31N3O3. The molecule has 144 valence electrons. The fraction of sp³-hybridized carbons (Fsp3) is 0.650. The van der Waals surface area contributed by atoms with Crippen LogP contribution in [0.15, 0.2) is 24.3 Å². The van der Waals surface area contributed by atoms with Crippen molar-refractivity contribution in [3.63, 3.8) is 0 Å². The van der Waals surface area contributed by atoms with Gasteiger partial charge in [0.2, 0.25) is 5.91 Å². The SMILES string of the molecule is COCCN1C[C@H](CN2CCN(Cc3cccc(OC)c3)CC2)CC1=O. The average Bonchev–Trinajstić information content (AvgIpc) is 3.01. The van der Waals surface area contributed by atoms with Crippen molar-refractivity contribution in [2.24, 2.45) is 5.92 Å². The second kappa shape index (κ2) is 9.35. The van der Waals surface area contributed by atoms with Gasteiger partial charge in [-0.1, -0.05) is 12.1 Å². The van der Waals surface area contributed by atoms with E-state index in [4.69, 9.17) is 9.47 Å². The Labute approximate surface area is 156 Å². The molecule has 2 fully saturated rings. The van der Waals surface area contributed by atoms with Crippen molar-refractivity contribution in [1.29, 1.82) is 0 Å². The van der Waals surface area contributed by atoms with Gasteiger partial charge < -0.3 is 19.3 Å². The summed E-state index contributed by atoms with van der Waals surface area (Å²) in [6.07, 6.45) is 0.688. The summed E-state index contributed by atoms with van der Waals surface area (Å²) in [5.41, 5.74) is 1.30. The number of benzene rings is 1. The van der Waals surface area contributed by atoms with Gasteiger partial charge in [0, 0.05) is 65.9 Å². The van der Waals surface area contributed by atoms with E-state index < -0.39 is 0 Å². The molecule has 1 amide bonds. The number of carbonyl (C=O) groups excluding carboxylic acids is 1. The number of rotatable bonds is 8. The van der Waals surface area contributed by atoms with Crippen LogP contribution in [-0.4, -0.2) is 87.2 Å². The average molecular weight is 361 g/mol. The second-order valence-corrected chi connectivity index (χ2v) is 7.33. The number of amides is 1. The Morgan fingerprint density at radius 3 is 2.62 bits per heavy atom. The number of likely N-dealkylation sites (tertiary alicyclic amines) is 1. The summed E-state index contributed by atoms with van der Waals surface area (Å²) in [5, 5.41) is 0. The topological polar surface area (TPSA) is 45.2 Å². The van der Waals surface area contributed by atoms with Crippen LogP contribution in [0.3, 0.4) is 0 Å². The quantitative estimate of drug-likeness (QED) is 0.699. The number of ether oxygens (including phenoxy) is 2. The number of carbonyl (C=O) groups is 1. The molecule has 6 nitrogen and oxygen atoms in total. The number of hydrogen-bond acceptors (Lipinski definition) is 5. The number of methoxy groups -OCH3 is 2. The Balaban J connectivity index is 1.40. The maximum Gasteiger partial charge on any atom is 0.223 e. The Bertz CT molecular complexity index is 587. The van der Waals surface area contributed by atoms with Crippen LogP contribution in [-0.2, 0) is 16.1 Å². The minimum atomic E-state index is 0.281. The van der Waals surface area contributed by atoms with Crippen LogP contribution in [0.2, 0.25) is 0 Å². The van der Waals surface area contributed by atoms with Gasteiger partial charge in [0.25, 0.3) is 0 Å². The highest BCUT2D eigenvalue weighted by Crippen LogP contribution is 2.20. The molecule has 2 saturated heterocycles. The monoisotopic (exact) mass is 361 g/mol. The molecule has 0 saturated carbocycles. The minimum Gasteiger partial charge on any atom is -0.497 e. The molecule has 0 aliphatic carbocycles. The van der Waals surface area contributed by atoms with Crippen molar-refractivity contribution < 1.29 is 14.3 Å². The van der Waals surface area contributed by atoms with E-state index in [1.54, 1.807) is 14.2 Å². The van der Waals surface area contributed by atoms with E-state index in [0.717, 1.165) is 58.1 Å². The Kier molecular flexibility index (Phi) is 6.88. The normalized spacial score (nSPS) is 22.2.